The molecule has 1 aromatic rings. The van der Waals surface area contributed by atoms with Gasteiger partial charge in [-0.15, -0.1) is 0 Å². The zero-order valence-corrected chi connectivity index (χ0v) is 9.50. The van der Waals surface area contributed by atoms with Crippen LogP contribution in [0.4, 0.5) is 5.69 Å². The van der Waals surface area contributed by atoms with E-state index in [4.69, 9.17) is 17.3 Å². The zero-order valence-electron chi connectivity index (χ0n) is 8.74. The van der Waals surface area contributed by atoms with Gasteiger partial charge in [-0.05, 0) is 23.8 Å². The van der Waals surface area contributed by atoms with Gasteiger partial charge in [0.2, 0.25) is 5.91 Å². The van der Waals surface area contributed by atoms with Gasteiger partial charge in [0, 0.05) is 16.8 Å². The van der Waals surface area contributed by atoms with Crippen LogP contribution in [0.25, 0.3) is 6.08 Å². The van der Waals surface area contributed by atoms with Crippen LogP contribution in [0.3, 0.4) is 0 Å². The molecule has 0 aliphatic heterocycles. The van der Waals surface area contributed by atoms with Crippen LogP contribution < -0.4 is 11.1 Å². The van der Waals surface area contributed by atoms with E-state index < -0.39 is 0 Å². The second-order valence-electron chi connectivity index (χ2n) is 3.24. The molecule has 0 aliphatic carbocycles. The normalized spacial score (nSPS) is 10.3. The van der Waals surface area contributed by atoms with E-state index in [1.165, 1.54) is 6.08 Å². The molecule has 0 fully saturated rings. The molecular formula is C12H13ClN2O. The number of hydrogen-bond donors (Lipinski definition) is 2. The molecule has 1 rings (SSSR count). The fourth-order valence-corrected chi connectivity index (χ4v) is 1.09. The third-order valence-electron chi connectivity index (χ3n) is 1.82. The van der Waals surface area contributed by atoms with Crippen molar-refractivity contribution in [2.24, 2.45) is 0 Å². The number of carbonyl (C=O) groups excluding carboxylic acids is 1. The SMILES string of the molecule is C=C(Cl)CNC(=O)/C=C/c1ccc(N)cc1. The summed E-state index contributed by atoms with van der Waals surface area (Å²) in [6.07, 6.45) is 3.14. The maximum atomic E-state index is 11.3. The van der Waals surface area contributed by atoms with Gasteiger partial charge < -0.3 is 11.1 Å². The fourth-order valence-electron chi connectivity index (χ4n) is 1.02. The van der Waals surface area contributed by atoms with E-state index in [2.05, 4.69) is 11.9 Å². The van der Waals surface area contributed by atoms with Crippen molar-refractivity contribution < 1.29 is 4.79 Å². The Labute approximate surface area is 99.6 Å². The first-order valence-electron chi connectivity index (χ1n) is 4.72. The Hall–Kier alpha value is -1.74. The Bertz CT molecular complexity index is 410. The van der Waals surface area contributed by atoms with Crippen LogP contribution in [-0.2, 0) is 4.79 Å². The third-order valence-corrected chi connectivity index (χ3v) is 1.95. The smallest absolute Gasteiger partial charge is 0.244 e. The summed E-state index contributed by atoms with van der Waals surface area (Å²) in [6, 6.07) is 7.22. The summed E-state index contributed by atoms with van der Waals surface area (Å²) in [5, 5.41) is 2.98. The van der Waals surface area contributed by atoms with Crippen molar-refractivity contribution in [2.45, 2.75) is 0 Å². The number of rotatable bonds is 4. The van der Waals surface area contributed by atoms with E-state index in [1.54, 1.807) is 18.2 Å². The standard InChI is InChI=1S/C12H13ClN2O/c1-9(13)8-15-12(16)7-4-10-2-5-11(14)6-3-10/h2-7H,1,8,14H2,(H,15,16)/b7-4+. The molecule has 16 heavy (non-hydrogen) atoms. The van der Waals surface area contributed by atoms with Crippen molar-refractivity contribution in [2.75, 3.05) is 12.3 Å². The first-order chi connectivity index (χ1) is 7.58. The lowest BCUT2D eigenvalue weighted by molar-refractivity contribution is -0.116. The van der Waals surface area contributed by atoms with Crippen LogP contribution in [0.15, 0.2) is 42.0 Å². The quantitative estimate of drug-likeness (QED) is 0.622. The summed E-state index contributed by atoms with van der Waals surface area (Å²) in [5.74, 6) is -0.210. The summed E-state index contributed by atoms with van der Waals surface area (Å²) in [4.78, 5) is 11.3. The summed E-state index contributed by atoms with van der Waals surface area (Å²) >= 11 is 5.51. The van der Waals surface area contributed by atoms with E-state index in [1.807, 2.05) is 12.1 Å². The summed E-state index contributed by atoms with van der Waals surface area (Å²) in [7, 11) is 0. The Morgan fingerprint density at radius 2 is 2.06 bits per heavy atom. The molecule has 84 valence electrons. The number of anilines is 1. The van der Waals surface area contributed by atoms with Gasteiger partial charge in [0.25, 0.3) is 0 Å². The molecule has 4 heteroatoms. The van der Waals surface area contributed by atoms with Gasteiger partial charge >= 0.3 is 0 Å². The molecule has 1 amide bonds. The minimum atomic E-state index is -0.210. The molecular weight excluding hydrogens is 224 g/mol. The fraction of sp³-hybridized carbons (Fsp3) is 0.0833. The Morgan fingerprint density at radius 1 is 1.44 bits per heavy atom. The van der Waals surface area contributed by atoms with E-state index in [0.29, 0.717) is 10.7 Å². The van der Waals surface area contributed by atoms with Gasteiger partial charge in [0.05, 0.1) is 6.54 Å². The molecule has 0 aromatic heterocycles. The summed E-state index contributed by atoms with van der Waals surface area (Å²) in [6.45, 7) is 3.74. The number of benzene rings is 1. The number of nitrogen functional groups attached to an aromatic ring is 1. The minimum Gasteiger partial charge on any atom is -0.399 e. The number of carbonyl (C=O) groups is 1. The summed E-state index contributed by atoms with van der Waals surface area (Å²) in [5.41, 5.74) is 7.14. The van der Waals surface area contributed by atoms with Crippen molar-refractivity contribution in [3.8, 4) is 0 Å². The Kier molecular flexibility index (Phi) is 4.61. The summed E-state index contributed by atoms with van der Waals surface area (Å²) < 4.78 is 0. The number of hydrogen-bond acceptors (Lipinski definition) is 2. The molecule has 0 aliphatic rings. The molecule has 0 saturated heterocycles. The molecule has 3 nitrogen and oxygen atoms in total. The lowest BCUT2D eigenvalue weighted by Gasteiger charge is -1.99. The zero-order chi connectivity index (χ0) is 12.0. The van der Waals surface area contributed by atoms with Gasteiger partial charge in [-0.25, -0.2) is 0 Å². The van der Waals surface area contributed by atoms with Crippen molar-refractivity contribution in [3.05, 3.63) is 47.5 Å². The van der Waals surface area contributed by atoms with Gasteiger partial charge in [0.15, 0.2) is 0 Å². The molecule has 1 aromatic carbocycles. The molecule has 0 bridgehead atoms. The largest absolute Gasteiger partial charge is 0.399 e. The van der Waals surface area contributed by atoms with Gasteiger partial charge in [-0.3, -0.25) is 4.79 Å². The highest BCUT2D eigenvalue weighted by Crippen LogP contribution is 2.06. The predicted molar refractivity (Wildman–Crippen MR) is 67.9 cm³/mol. The van der Waals surface area contributed by atoms with Crippen LogP contribution in [0.2, 0.25) is 0 Å². The molecule has 0 radical (unpaired) electrons. The molecule has 0 saturated carbocycles. The van der Waals surface area contributed by atoms with Crippen molar-refractivity contribution in [3.63, 3.8) is 0 Å². The van der Waals surface area contributed by atoms with Crippen molar-refractivity contribution in [1.29, 1.82) is 0 Å². The number of nitrogens with one attached hydrogen (secondary N) is 1. The van der Waals surface area contributed by atoms with Gasteiger partial charge in [0.1, 0.15) is 0 Å². The van der Waals surface area contributed by atoms with E-state index >= 15 is 0 Å². The molecule has 0 heterocycles. The molecule has 0 spiro atoms. The van der Waals surface area contributed by atoms with Crippen LogP contribution >= 0.6 is 11.6 Å². The number of amides is 1. The van der Waals surface area contributed by atoms with Crippen LogP contribution in [0.1, 0.15) is 5.56 Å². The second-order valence-corrected chi connectivity index (χ2v) is 3.77. The van der Waals surface area contributed by atoms with Crippen molar-refractivity contribution in [1.82, 2.24) is 5.32 Å². The highest BCUT2D eigenvalue weighted by atomic mass is 35.5. The highest BCUT2D eigenvalue weighted by Gasteiger charge is 1.95. The predicted octanol–water partition coefficient (Wildman–Crippen LogP) is 2.15. The van der Waals surface area contributed by atoms with E-state index in [-0.39, 0.29) is 12.5 Å². The highest BCUT2D eigenvalue weighted by molar-refractivity contribution is 6.29. The maximum Gasteiger partial charge on any atom is 0.244 e. The van der Waals surface area contributed by atoms with Crippen LogP contribution in [0.5, 0.6) is 0 Å². The lowest BCUT2D eigenvalue weighted by Crippen LogP contribution is -2.21. The Balaban J connectivity index is 2.50. The number of nitrogens with two attached hydrogens (primary N) is 1. The molecule has 3 N–H and O–H groups in total. The second kappa shape index (κ2) is 5.98. The first-order valence-corrected chi connectivity index (χ1v) is 5.10. The third kappa shape index (κ3) is 4.66. The topological polar surface area (TPSA) is 55.1 Å². The van der Waals surface area contributed by atoms with Gasteiger partial charge in [-0.2, -0.15) is 0 Å². The van der Waals surface area contributed by atoms with E-state index in [0.717, 1.165) is 5.56 Å². The van der Waals surface area contributed by atoms with Crippen LogP contribution in [-0.4, -0.2) is 12.5 Å². The maximum absolute atomic E-state index is 11.3. The molecule has 0 atom stereocenters. The monoisotopic (exact) mass is 236 g/mol. The van der Waals surface area contributed by atoms with Gasteiger partial charge in [-0.1, -0.05) is 30.3 Å². The minimum absolute atomic E-state index is 0.210. The number of halogens is 1. The lowest BCUT2D eigenvalue weighted by atomic mass is 10.2. The molecule has 0 unspecified atom stereocenters. The van der Waals surface area contributed by atoms with Crippen molar-refractivity contribution >= 4 is 29.3 Å². The Morgan fingerprint density at radius 3 is 2.62 bits per heavy atom. The van der Waals surface area contributed by atoms with Crippen LogP contribution in [0, 0.1) is 0 Å². The van der Waals surface area contributed by atoms with E-state index in [9.17, 15) is 4.79 Å². The average Bonchev–Trinajstić information content (AvgIpc) is 2.25. The average molecular weight is 237 g/mol. The first kappa shape index (κ1) is 12.3.